The quantitative estimate of drug-likeness (QED) is 0.657. The van der Waals surface area contributed by atoms with E-state index in [4.69, 9.17) is 0 Å². The Kier molecular flexibility index (Phi) is 7.59. The molecule has 2 rings (SSSR count). The highest BCUT2D eigenvalue weighted by Gasteiger charge is 2.13. The van der Waals surface area contributed by atoms with Crippen molar-refractivity contribution in [1.82, 2.24) is 14.9 Å². The minimum Gasteiger partial charge on any atom is -0.345 e. The Balaban J connectivity index is 2.01. The number of hydrogen-bond acceptors (Lipinski definition) is 5. The molecule has 1 aromatic heterocycles. The molecule has 0 aliphatic rings. The molecule has 128 valence electrons. The van der Waals surface area contributed by atoms with Crippen LogP contribution >= 0.6 is 23.5 Å². The number of rotatable bonds is 8. The third-order valence-corrected chi connectivity index (χ3v) is 5.80. The molecule has 0 unspecified atom stereocenters. The van der Waals surface area contributed by atoms with Crippen LogP contribution in [-0.4, -0.2) is 40.1 Å². The van der Waals surface area contributed by atoms with Crippen LogP contribution in [0.4, 0.5) is 0 Å². The Bertz CT molecular complexity index is 679. The van der Waals surface area contributed by atoms with Crippen LogP contribution in [-0.2, 0) is 4.79 Å². The maximum atomic E-state index is 12.2. The standard InChI is InChI=1S/C18H23N3OS2/c1-4-5-12-21(3)16(22)13-23-17-18(20-11-10-19-17)24-15-9-7-6-8-14(15)2/h6-11H,4-5,12-13H2,1-3H3. The Morgan fingerprint density at radius 3 is 2.58 bits per heavy atom. The Morgan fingerprint density at radius 2 is 1.88 bits per heavy atom. The van der Waals surface area contributed by atoms with Gasteiger partial charge in [-0.05, 0) is 25.0 Å². The van der Waals surface area contributed by atoms with Gasteiger partial charge in [0.25, 0.3) is 0 Å². The molecule has 0 saturated carbocycles. The van der Waals surface area contributed by atoms with Gasteiger partial charge in [-0.3, -0.25) is 4.79 Å². The van der Waals surface area contributed by atoms with Crippen molar-refractivity contribution in [1.29, 1.82) is 0 Å². The molecular weight excluding hydrogens is 338 g/mol. The van der Waals surface area contributed by atoms with Gasteiger partial charge in [0.2, 0.25) is 5.91 Å². The number of aryl methyl sites for hydroxylation is 1. The molecule has 0 fully saturated rings. The molecule has 0 radical (unpaired) electrons. The summed E-state index contributed by atoms with van der Waals surface area (Å²) in [6.07, 6.45) is 5.49. The average molecular weight is 362 g/mol. The van der Waals surface area contributed by atoms with Gasteiger partial charge in [0.1, 0.15) is 10.1 Å². The largest absolute Gasteiger partial charge is 0.345 e. The zero-order chi connectivity index (χ0) is 17.4. The van der Waals surface area contributed by atoms with Gasteiger partial charge >= 0.3 is 0 Å². The lowest BCUT2D eigenvalue weighted by Gasteiger charge is -2.16. The summed E-state index contributed by atoms with van der Waals surface area (Å²) in [7, 11) is 1.86. The van der Waals surface area contributed by atoms with E-state index in [1.54, 1.807) is 29.1 Å². The molecule has 0 aliphatic carbocycles. The molecule has 2 aromatic rings. The zero-order valence-corrected chi connectivity index (χ0v) is 16.0. The predicted octanol–water partition coefficient (Wildman–Crippen LogP) is 4.29. The second kappa shape index (κ2) is 9.69. The average Bonchev–Trinajstić information content (AvgIpc) is 2.60. The van der Waals surface area contributed by atoms with Crippen LogP contribution in [0.5, 0.6) is 0 Å². The lowest BCUT2D eigenvalue weighted by molar-refractivity contribution is -0.127. The summed E-state index contributed by atoms with van der Waals surface area (Å²) in [5, 5.41) is 1.66. The van der Waals surface area contributed by atoms with E-state index in [1.165, 1.54) is 17.3 Å². The smallest absolute Gasteiger partial charge is 0.232 e. The summed E-state index contributed by atoms with van der Waals surface area (Å²) in [5.41, 5.74) is 1.21. The molecule has 0 bridgehead atoms. The number of aromatic nitrogens is 2. The zero-order valence-electron chi connectivity index (χ0n) is 14.4. The first kappa shape index (κ1) is 18.8. The van der Waals surface area contributed by atoms with Crippen LogP contribution in [0.2, 0.25) is 0 Å². The Labute approximate surface area is 152 Å². The highest BCUT2D eigenvalue weighted by Crippen LogP contribution is 2.34. The molecular formula is C18H23N3OS2. The third-order valence-electron chi connectivity index (χ3n) is 3.54. The van der Waals surface area contributed by atoms with Crippen molar-refractivity contribution >= 4 is 29.4 Å². The van der Waals surface area contributed by atoms with Crippen molar-refractivity contribution in [3.63, 3.8) is 0 Å². The van der Waals surface area contributed by atoms with E-state index in [1.807, 2.05) is 19.2 Å². The summed E-state index contributed by atoms with van der Waals surface area (Å²) < 4.78 is 0. The number of thioether (sulfide) groups is 1. The molecule has 1 amide bonds. The summed E-state index contributed by atoms with van der Waals surface area (Å²) in [6, 6.07) is 8.20. The predicted molar refractivity (Wildman–Crippen MR) is 101 cm³/mol. The number of unbranched alkanes of at least 4 members (excludes halogenated alkanes) is 1. The van der Waals surface area contributed by atoms with E-state index in [-0.39, 0.29) is 5.91 Å². The van der Waals surface area contributed by atoms with E-state index in [9.17, 15) is 4.79 Å². The van der Waals surface area contributed by atoms with Crippen LogP contribution in [0.1, 0.15) is 25.3 Å². The number of amides is 1. The SMILES string of the molecule is CCCCN(C)C(=O)CSc1nccnc1Sc1ccccc1C. The van der Waals surface area contributed by atoms with Crippen molar-refractivity contribution in [2.75, 3.05) is 19.3 Å². The van der Waals surface area contributed by atoms with Crippen LogP contribution in [0, 0.1) is 6.92 Å². The first-order valence-electron chi connectivity index (χ1n) is 8.03. The van der Waals surface area contributed by atoms with Gasteiger partial charge in [-0.25, -0.2) is 9.97 Å². The minimum absolute atomic E-state index is 0.131. The van der Waals surface area contributed by atoms with Crippen LogP contribution in [0.15, 0.2) is 51.6 Å². The lowest BCUT2D eigenvalue weighted by atomic mass is 10.2. The topological polar surface area (TPSA) is 46.1 Å². The van der Waals surface area contributed by atoms with Crippen molar-refractivity contribution in [2.45, 2.75) is 41.6 Å². The monoisotopic (exact) mass is 361 g/mol. The van der Waals surface area contributed by atoms with Gasteiger partial charge in [0, 0.05) is 30.9 Å². The number of carbonyl (C=O) groups is 1. The molecule has 0 spiro atoms. The number of hydrogen-bond donors (Lipinski definition) is 0. The second-order valence-corrected chi connectivity index (χ2v) is 7.49. The fraction of sp³-hybridized carbons (Fsp3) is 0.389. The maximum Gasteiger partial charge on any atom is 0.232 e. The van der Waals surface area contributed by atoms with Gasteiger partial charge < -0.3 is 4.90 Å². The van der Waals surface area contributed by atoms with Gasteiger partial charge in [0.15, 0.2) is 0 Å². The summed E-state index contributed by atoms with van der Waals surface area (Å²) >= 11 is 3.05. The maximum absolute atomic E-state index is 12.2. The molecule has 1 heterocycles. The molecule has 24 heavy (non-hydrogen) atoms. The lowest BCUT2D eigenvalue weighted by Crippen LogP contribution is -2.29. The number of nitrogens with zero attached hydrogens (tertiary/aromatic N) is 3. The summed E-state index contributed by atoms with van der Waals surface area (Å²) in [5.74, 6) is 0.520. The van der Waals surface area contributed by atoms with Crippen LogP contribution < -0.4 is 0 Å². The molecule has 0 N–H and O–H groups in total. The van der Waals surface area contributed by atoms with E-state index in [0.29, 0.717) is 5.75 Å². The fourth-order valence-electron chi connectivity index (χ4n) is 2.02. The normalized spacial score (nSPS) is 10.6. The van der Waals surface area contributed by atoms with Crippen molar-refractivity contribution in [2.24, 2.45) is 0 Å². The van der Waals surface area contributed by atoms with Crippen LogP contribution in [0.3, 0.4) is 0 Å². The Morgan fingerprint density at radius 1 is 1.17 bits per heavy atom. The summed E-state index contributed by atoms with van der Waals surface area (Å²) in [4.78, 5) is 24.0. The number of carbonyl (C=O) groups excluding carboxylic acids is 1. The summed E-state index contributed by atoms with van der Waals surface area (Å²) in [6.45, 7) is 5.01. The van der Waals surface area contributed by atoms with Gasteiger partial charge in [0.05, 0.1) is 5.75 Å². The molecule has 0 saturated heterocycles. The van der Waals surface area contributed by atoms with E-state index < -0.39 is 0 Å². The molecule has 0 atom stereocenters. The minimum atomic E-state index is 0.131. The molecule has 4 nitrogen and oxygen atoms in total. The van der Waals surface area contributed by atoms with Gasteiger partial charge in [-0.1, -0.05) is 55.1 Å². The first-order chi connectivity index (χ1) is 11.6. The van der Waals surface area contributed by atoms with Crippen molar-refractivity contribution < 1.29 is 4.79 Å². The van der Waals surface area contributed by atoms with Crippen LogP contribution in [0.25, 0.3) is 0 Å². The Hall–Kier alpha value is -1.53. The molecule has 1 aromatic carbocycles. The first-order valence-corrected chi connectivity index (χ1v) is 9.83. The van der Waals surface area contributed by atoms with E-state index >= 15 is 0 Å². The highest BCUT2D eigenvalue weighted by atomic mass is 32.2. The van der Waals surface area contributed by atoms with Crippen molar-refractivity contribution in [3.8, 4) is 0 Å². The molecule has 6 heteroatoms. The highest BCUT2D eigenvalue weighted by molar-refractivity contribution is 8.02. The fourth-order valence-corrected chi connectivity index (χ4v) is 3.95. The van der Waals surface area contributed by atoms with Gasteiger partial charge in [-0.15, -0.1) is 0 Å². The second-order valence-electron chi connectivity index (χ2n) is 5.49. The third kappa shape index (κ3) is 5.53. The van der Waals surface area contributed by atoms with Gasteiger partial charge in [-0.2, -0.15) is 0 Å². The van der Waals surface area contributed by atoms with Crippen molar-refractivity contribution in [3.05, 3.63) is 42.2 Å². The number of benzene rings is 1. The van der Waals surface area contributed by atoms with E-state index in [0.717, 1.165) is 34.3 Å². The molecule has 0 aliphatic heterocycles. The van der Waals surface area contributed by atoms with E-state index in [2.05, 4.69) is 35.9 Å².